The zero-order chi connectivity index (χ0) is 26.9. The van der Waals surface area contributed by atoms with Crippen molar-refractivity contribution in [2.24, 2.45) is 0 Å². The first-order chi connectivity index (χ1) is 17.3. The number of hydrogen-bond acceptors (Lipinski definition) is 4. The Kier molecular flexibility index (Phi) is 23.8. The Bertz CT molecular complexity index is 636. The van der Waals surface area contributed by atoms with Crippen LogP contribution in [0.4, 0.5) is 0 Å². The summed E-state index contributed by atoms with van der Waals surface area (Å²) in [5.74, 6) is -0.910. The number of carbonyl (C=O) groups excluding carboxylic acids is 1. The number of carbonyl (C=O) groups is 1. The first-order valence-corrected chi connectivity index (χ1v) is 16.5. The highest BCUT2D eigenvalue weighted by Crippen LogP contribution is 2.13. The summed E-state index contributed by atoms with van der Waals surface area (Å²) < 4.78 is 32.0. The van der Waals surface area contributed by atoms with Crippen LogP contribution in [0.15, 0.2) is 12.2 Å². The van der Waals surface area contributed by atoms with Gasteiger partial charge in [0.05, 0.1) is 17.9 Å². The molecule has 0 aromatic heterocycles. The van der Waals surface area contributed by atoms with Gasteiger partial charge in [-0.2, -0.15) is 8.42 Å². The monoisotopic (exact) mass is 531 g/mol. The number of amides is 1. The second-order valence-corrected chi connectivity index (χ2v) is 11.9. The summed E-state index contributed by atoms with van der Waals surface area (Å²) in [6.07, 6.45) is 26.0. The molecule has 3 N–H and O–H groups in total. The highest BCUT2D eigenvalue weighted by molar-refractivity contribution is 7.85. The maximum atomic E-state index is 12.3. The van der Waals surface area contributed by atoms with Crippen molar-refractivity contribution in [1.82, 2.24) is 5.32 Å². The van der Waals surface area contributed by atoms with Crippen LogP contribution in [-0.4, -0.2) is 41.9 Å². The van der Waals surface area contributed by atoms with Crippen LogP contribution in [-0.2, 0) is 14.9 Å². The first kappa shape index (κ1) is 35.1. The molecule has 0 radical (unpaired) electrons. The molecule has 0 fully saturated rings. The van der Waals surface area contributed by atoms with Gasteiger partial charge in [0.2, 0.25) is 5.91 Å². The van der Waals surface area contributed by atoms with Gasteiger partial charge in [0.15, 0.2) is 0 Å². The third-order valence-corrected chi connectivity index (χ3v) is 7.50. The zero-order valence-corrected chi connectivity index (χ0v) is 24.2. The van der Waals surface area contributed by atoms with E-state index in [-0.39, 0.29) is 5.91 Å². The molecule has 0 aliphatic heterocycles. The van der Waals surface area contributed by atoms with E-state index in [2.05, 4.69) is 31.3 Å². The van der Waals surface area contributed by atoms with Gasteiger partial charge in [-0.3, -0.25) is 9.35 Å². The van der Waals surface area contributed by atoms with E-state index < -0.39 is 28.0 Å². The molecule has 214 valence electrons. The summed E-state index contributed by atoms with van der Waals surface area (Å²) >= 11 is 0. The second kappa shape index (κ2) is 24.4. The van der Waals surface area contributed by atoms with Gasteiger partial charge in [-0.25, -0.2) is 0 Å². The fraction of sp³-hybridized carbons (Fsp3) is 0.897. The van der Waals surface area contributed by atoms with Crippen LogP contribution in [0.3, 0.4) is 0 Å². The van der Waals surface area contributed by atoms with Gasteiger partial charge >= 0.3 is 0 Å². The lowest BCUT2D eigenvalue weighted by atomic mass is 10.0. The van der Waals surface area contributed by atoms with E-state index in [0.717, 1.165) is 51.4 Å². The van der Waals surface area contributed by atoms with Gasteiger partial charge < -0.3 is 10.4 Å². The smallest absolute Gasteiger partial charge is 0.266 e. The Labute approximate surface area is 222 Å². The van der Waals surface area contributed by atoms with Gasteiger partial charge in [0.1, 0.15) is 0 Å². The lowest BCUT2D eigenvalue weighted by Gasteiger charge is -2.23. The van der Waals surface area contributed by atoms with E-state index in [9.17, 15) is 22.9 Å². The van der Waals surface area contributed by atoms with E-state index >= 15 is 0 Å². The summed E-state index contributed by atoms with van der Waals surface area (Å²) in [5.41, 5.74) is 0. The fourth-order valence-corrected chi connectivity index (χ4v) is 5.21. The Hall–Kier alpha value is -0.920. The Morgan fingerprint density at radius 3 is 1.67 bits per heavy atom. The summed E-state index contributed by atoms with van der Waals surface area (Å²) in [5, 5.41) is 13.1. The quantitative estimate of drug-likeness (QED) is 0.0609. The molecule has 0 bridgehead atoms. The fourth-order valence-electron chi connectivity index (χ4n) is 4.45. The number of nitrogens with one attached hydrogen (secondary N) is 1. The van der Waals surface area contributed by atoms with Gasteiger partial charge in [-0.15, -0.1) is 0 Å². The Balaban J connectivity index is 3.99. The molecule has 0 aromatic rings. The predicted octanol–water partition coefficient (Wildman–Crippen LogP) is 7.51. The van der Waals surface area contributed by atoms with Crippen molar-refractivity contribution in [2.75, 3.05) is 5.75 Å². The van der Waals surface area contributed by atoms with E-state index in [1.165, 1.54) is 70.6 Å². The number of aliphatic hydroxyl groups is 1. The van der Waals surface area contributed by atoms with E-state index in [1.54, 1.807) is 0 Å². The number of allylic oxidation sites excluding steroid dienone is 2. The molecule has 2 atom stereocenters. The van der Waals surface area contributed by atoms with Crippen molar-refractivity contribution >= 4 is 16.0 Å². The Morgan fingerprint density at radius 2 is 1.17 bits per heavy atom. The lowest BCUT2D eigenvalue weighted by molar-refractivity contribution is -0.122. The van der Waals surface area contributed by atoms with Crippen molar-refractivity contribution in [3.63, 3.8) is 0 Å². The Morgan fingerprint density at radius 1 is 0.722 bits per heavy atom. The van der Waals surface area contributed by atoms with Crippen molar-refractivity contribution < 1.29 is 22.9 Å². The number of aliphatic hydroxyl groups excluding tert-OH is 1. The van der Waals surface area contributed by atoms with Crippen molar-refractivity contribution in [3.05, 3.63) is 12.2 Å². The summed E-state index contributed by atoms with van der Waals surface area (Å²) in [4.78, 5) is 12.3. The minimum Gasteiger partial charge on any atom is -0.391 e. The van der Waals surface area contributed by atoms with Crippen LogP contribution < -0.4 is 5.32 Å². The molecular weight excluding hydrogens is 474 g/mol. The van der Waals surface area contributed by atoms with Gasteiger partial charge in [0, 0.05) is 6.42 Å². The molecule has 0 aliphatic rings. The van der Waals surface area contributed by atoms with Crippen LogP contribution in [0.1, 0.15) is 149 Å². The molecule has 7 heteroatoms. The minimum absolute atomic E-state index is 0.260. The maximum Gasteiger partial charge on any atom is 0.266 e. The molecule has 0 aliphatic carbocycles. The molecule has 0 spiro atoms. The molecule has 0 aromatic carbocycles. The van der Waals surface area contributed by atoms with Crippen LogP contribution in [0.2, 0.25) is 0 Å². The third kappa shape index (κ3) is 24.8. The molecule has 0 heterocycles. The minimum atomic E-state index is -4.29. The summed E-state index contributed by atoms with van der Waals surface area (Å²) in [6, 6.07) is -0.967. The molecule has 36 heavy (non-hydrogen) atoms. The average molecular weight is 532 g/mol. The van der Waals surface area contributed by atoms with Crippen LogP contribution in [0, 0.1) is 0 Å². The van der Waals surface area contributed by atoms with Crippen LogP contribution >= 0.6 is 0 Å². The normalized spacial score (nSPS) is 13.8. The number of rotatable bonds is 26. The standard InChI is InChI=1S/C29H57NO5S/c1-3-5-7-9-11-12-13-14-15-16-17-19-21-23-25-29(32)30-27(26-36(33,34)35)28(31)24-22-20-18-10-8-6-4-2/h13-14,27-28,31H,3-12,15-26H2,1-2H3,(H,30,32)(H,33,34,35)/b14-13-. The zero-order valence-electron chi connectivity index (χ0n) is 23.4. The topological polar surface area (TPSA) is 104 Å². The molecule has 0 saturated carbocycles. The third-order valence-electron chi connectivity index (χ3n) is 6.72. The van der Waals surface area contributed by atoms with Gasteiger partial charge in [-0.05, 0) is 38.5 Å². The second-order valence-electron chi connectivity index (χ2n) is 10.4. The predicted molar refractivity (Wildman–Crippen MR) is 152 cm³/mol. The van der Waals surface area contributed by atoms with Crippen LogP contribution in [0.25, 0.3) is 0 Å². The largest absolute Gasteiger partial charge is 0.391 e. The average Bonchev–Trinajstić information content (AvgIpc) is 2.82. The van der Waals surface area contributed by atoms with Crippen LogP contribution in [0.5, 0.6) is 0 Å². The number of unbranched alkanes of at least 4 members (excludes halogenated alkanes) is 16. The van der Waals surface area contributed by atoms with E-state index in [0.29, 0.717) is 12.8 Å². The first-order valence-electron chi connectivity index (χ1n) is 14.9. The SMILES string of the molecule is CCCCCCC/C=C\CCCCCCCC(=O)NC(CS(=O)(=O)O)C(O)CCCCCCCCC. The highest BCUT2D eigenvalue weighted by Gasteiger charge is 2.25. The lowest BCUT2D eigenvalue weighted by Crippen LogP contribution is -2.47. The summed E-state index contributed by atoms with van der Waals surface area (Å²) in [7, 11) is -4.29. The van der Waals surface area contributed by atoms with Gasteiger partial charge in [-0.1, -0.05) is 116 Å². The molecule has 0 rings (SSSR count). The van der Waals surface area contributed by atoms with Crippen molar-refractivity contribution in [3.8, 4) is 0 Å². The van der Waals surface area contributed by atoms with Crippen molar-refractivity contribution in [2.45, 2.75) is 161 Å². The molecule has 0 saturated heterocycles. The van der Waals surface area contributed by atoms with Gasteiger partial charge in [0.25, 0.3) is 10.1 Å². The summed E-state index contributed by atoms with van der Waals surface area (Å²) in [6.45, 7) is 4.42. The molecule has 1 amide bonds. The molecule has 6 nitrogen and oxygen atoms in total. The highest BCUT2D eigenvalue weighted by atomic mass is 32.2. The van der Waals surface area contributed by atoms with Crippen molar-refractivity contribution in [1.29, 1.82) is 0 Å². The number of hydrogen-bond donors (Lipinski definition) is 3. The van der Waals surface area contributed by atoms with E-state index in [4.69, 9.17) is 0 Å². The molecular formula is C29H57NO5S. The maximum absolute atomic E-state index is 12.3. The molecule has 2 unspecified atom stereocenters. The van der Waals surface area contributed by atoms with E-state index in [1.807, 2.05) is 0 Å².